The zero-order valence-electron chi connectivity index (χ0n) is 13.3. The minimum absolute atomic E-state index is 0.00827. The van der Waals surface area contributed by atoms with Crippen molar-refractivity contribution in [1.29, 1.82) is 0 Å². The first kappa shape index (κ1) is 16.5. The standard InChI is InChI=1S/C17H18F2N2O3/c1-10-4-2-3-7-17(10)15(23)21(16(24)20-17)9-14(22)11-5-6-12(18)13(19)8-11/h5-6,8,10H,2-4,7,9H2,1H3,(H,20,24). The Morgan fingerprint density at radius 1 is 1.29 bits per heavy atom. The number of rotatable bonds is 3. The van der Waals surface area contributed by atoms with Gasteiger partial charge < -0.3 is 5.32 Å². The quantitative estimate of drug-likeness (QED) is 0.682. The molecule has 0 aromatic heterocycles. The van der Waals surface area contributed by atoms with Crippen LogP contribution in [-0.2, 0) is 4.79 Å². The van der Waals surface area contributed by atoms with E-state index in [9.17, 15) is 23.2 Å². The molecule has 1 spiro atoms. The second-order valence-electron chi connectivity index (χ2n) is 6.49. The summed E-state index contributed by atoms with van der Waals surface area (Å²) in [6.07, 6.45) is 3.22. The fraction of sp³-hybridized carbons (Fsp3) is 0.471. The van der Waals surface area contributed by atoms with Gasteiger partial charge in [0, 0.05) is 5.56 Å². The van der Waals surface area contributed by atoms with E-state index in [0.717, 1.165) is 42.4 Å². The molecule has 3 rings (SSSR count). The van der Waals surface area contributed by atoms with Crippen molar-refractivity contribution in [2.75, 3.05) is 6.54 Å². The van der Waals surface area contributed by atoms with Gasteiger partial charge in [0.25, 0.3) is 5.91 Å². The van der Waals surface area contributed by atoms with E-state index in [1.807, 2.05) is 6.92 Å². The molecule has 1 saturated heterocycles. The van der Waals surface area contributed by atoms with Crippen LogP contribution in [0.1, 0.15) is 43.0 Å². The Hall–Kier alpha value is -2.31. The Morgan fingerprint density at radius 3 is 2.71 bits per heavy atom. The highest BCUT2D eigenvalue weighted by atomic mass is 19.2. The number of carbonyl (C=O) groups is 3. The van der Waals surface area contributed by atoms with Crippen LogP contribution < -0.4 is 5.32 Å². The van der Waals surface area contributed by atoms with Crippen molar-refractivity contribution in [1.82, 2.24) is 10.2 Å². The number of hydrogen-bond donors (Lipinski definition) is 1. The summed E-state index contributed by atoms with van der Waals surface area (Å²) in [5.41, 5.74) is -1.02. The van der Waals surface area contributed by atoms with Gasteiger partial charge in [-0.25, -0.2) is 13.6 Å². The van der Waals surface area contributed by atoms with Crippen molar-refractivity contribution in [3.8, 4) is 0 Å². The Kier molecular flexibility index (Phi) is 4.11. The molecule has 5 nitrogen and oxygen atoms in total. The number of hydrogen-bond acceptors (Lipinski definition) is 3. The van der Waals surface area contributed by atoms with Gasteiger partial charge in [-0.1, -0.05) is 19.8 Å². The molecular weight excluding hydrogens is 318 g/mol. The van der Waals surface area contributed by atoms with E-state index in [1.165, 1.54) is 0 Å². The summed E-state index contributed by atoms with van der Waals surface area (Å²) in [5, 5.41) is 2.75. The topological polar surface area (TPSA) is 66.5 Å². The van der Waals surface area contributed by atoms with E-state index in [2.05, 4.69) is 5.32 Å². The molecule has 2 fully saturated rings. The lowest BCUT2D eigenvalue weighted by Gasteiger charge is -2.36. The lowest BCUT2D eigenvalue weighted by molar-refractivity contribution is -0.133. The SMILES string of the molecule is CC1CCCCC12NC(=O)N(CC(=O)c1ccc(F)c(F)c1)C2=O. The normalized spacial score (nSPS) is 26.8. The molecule has 2 aliphatic rings. The maximum Gasteiger partial charge on any atom is 0.325 e. The molecule has 1 aliphatic heterocycles. The number of ketones is 1. The summed E-state index contributed by atoms with van der Waals surface area (Å²) in [4.78, 5) is 38.1. The third kappa shape index (κ3) is 2.57. The molecule has 1 heterocycles. The van der Waals surface area contributed by atoms with Crippen LogP contribution in [0.2, 0.25) is 0 Å². The average Bonchev–Trinajstić information content (AvgIpc) is 2.78. The van der Waals surface area contributed by atoms with E-state index in [-0.39, 0.29) is 11.5 Å². The minimum atomic E-state index is -1.14. The van der Waals surface area contributed by atoms with Crippen LogP contribution in [0.4, 0.5) is 13.6 Å². The van der Waals surface area contributed by atoms with Crippen LogP contribution in [0.25, 0.3) is 0 Å². The van der Waals surface area contributed by atoms with E-state index in [0.29, 0.717) is 6.42 Å². The predicted molar refractivity (Wildman–Crippen MR) is 81.3 cm³/mol. The maximum absolute atomic E-state index is 13.3. The van der Waals surface area contributed by atoms with E-state index < -0.39 is 41.4 Å². The number of benzene rings is 1. The molecule has 128 valence electrons. The van der Waals surface area contributed by atoms with Gasteiger partial charge >= 0.3 is 6.03 Å². The lowest BCUT2D eigenvalue weighted by Crippen LogP contribution is -2.54. The first-order valence-electron chi connectivity index (χ1n) is 7.97. The van der Waals surface area contributed by atoms with Gasteiger partial charge in [0.15, 0.2) is 17.4 Å². The van der Waals surface area contributed by atoms with Crippen molar-refractivity contribution in [2.45, 2.75) is 38.1 Å². The van der Waals surface area contributed by atoms with Crippen LogP contribution in [-0.4, -0.2) is 34.7 Å². The average molecular weight is 336 g/mol. The highest BCUT2D eigenvalue weighted by Crippen LogP contribution is 2.38. The van der Waals surface area contributed by atoms with Crippen molar-refractivity contribution >= 4 is 17.7 Å². The van der Waals surface area contributed by atoms with Gasteiger partial charge in [-0.05, 0) is 37.0 Å². The molecule has 0 bridgehead atoms. The van der Waals surface area contributed by atoms with Crippen LogP contribution >= 0.6 is 0 Å². The Balaban J connectivity index is 1.80. The fourth-order valence-electron chi connectivity index (χ4n) is 3.54. The molecule has 3 amide bonds. The Labute approximate surface area is 138 Å². The van der Waals surface area contributed by atoms with Gasteiger partial charge in [-0.2, -0.15) is 0 Å². The second-order valence-corrected chi connectivity index (χ2v) is 6.49. The summed E-state index contributed by atoms with van der Waals surface area (Å²) in [6.45, 7) is 1.43. The summed E-state index contributed by atoms with van der Waals surface area (Å²) in [5.74, 6) is -3.23. The van der Waals surface area contributed by atoms with Gasteiger partial charge in [0.2, 0.25) is 0 Å². The number of carbonyl (C=O) groups excluding carboxylic acids is 3. The third-order valence-electron chi connectivity index (χ3n) is 5.04. The number of urea groups is 1. The van der Waals surface area contributed by atoms with Crippen molar-refractivity contribution < 1.29 is 23.2 Å². The summed E-state index contributed by atoms with van der Waals surface area (Å²) >= 11 is 0. The summed E-state index contributed by atoms with van der Waals surface area (Å²) in [6, 6.07) is 2.15. The van der Waals surface area contributed by atoms with Gasteiger partial charge in [0.05, 0.1) is 6.54 Å². The third-order valence-corrected chi connectivity index (χ3v) is 5.04. The minimum Gasteiger partial charge on any atom is -0.323 e. The molecule has 1 aliphatic carbocycles. The Bertz CT molecular complexity index is 722. The van der Waals surface area contributed by atoms with Crippen molar-refractivity contribution in [3.05, 3.63) is 35.4 Å². The number of Topliss-reactive ketones (excluding diaryl/α,β-unsaturated/α-hetero) is 1. The van der Waals surface area contributed by atoms with E-state index in [1.54, 1.807) is 0 Å². The first-order valence-corrected chi connectivity index (χ1v) is 7.97. The van der Waals surface area contributed by atoms with Crippen molar-refractivity contribution in [3.63, 3.8) is 0 Å². The molecular formula is C17H18F2N2O3. The summed E-state index contributed by atoms with van der Waals surface area (Å²) in [7, 11) is 0. The maximum atomic E-state index is 13.3. The van der Waals surface area contributed by atoms with Gasteiger partial charge in [0.1, 0.15) is 5.54 Å². The lowest BCUT2D eigenvalue weighted by atomic mass is 9.73. The molecule has 0 radical (unpaired) electrons. The zero-order chi connectivity index (χ0) is 17.5. The molecule has 7 heteroatoms. The largest absolute Gasteiger partial charge is 0.325 e. The molecule has 24 heavy (non-hydrogen) atoms. The molecule has 1 aromatic carbocycles. The van der Waals surface area contributed by atoms with Gasteiger partial charge in [-0.15, -0.1) is 0 Å². The molecule has 1 saturated carbocycles. The first-order chi connectivity index (χ1) is 11.3. The molecule has 2 unspecified atom stereocenters. The fourth-order valence-corrected chi connectivity index (χ4v) is 3.54. The predicted octanol–water partition coefficient (Wildman–Crippen LogP) is 2.65. The van der Waals surface area contributed by atoms with Crippen molar-refractivity contribution in [2.24, 2.45) is 5.92 Å². The van der Waals surface area contributed by atoms with Crippen LogP contribution in [0, 0.1) is 17.6 Å². The van der Waals surface area contributed by atoms with Gasteiger partial charge in [-0.3, -0.25) is 14.5 Å². The van der Waals surface area contributed by atoms with E-state index in [4.69, 9.17) is 0 Å². The number of nitrogens with one attached hydrogen (secondary N) is 1. The number of imide groups is 1. The molecule has 1 aromatic rings. The second kappa shape index (κ2) is 5.96. The smallest absolute Gasteiger partial charge is 0.323 e. The number of halogens is 2. The van der Waals surface area contributed by atoms with Crippen LogP contribution in [0.15, 0.2) is 18.2 Å². The highest BCUT2D eigenvalue weighted by Gasteiger charge is 2.55. The Morgan fingerprint density at radius 2 is 2.04 bits per heavy atom. The summed E-state index contributed by atoms with van der Waals surface area (Å²) < 4.78 is 26.2. The van der Waals surface area contributed by atoms with E-state index >= 15 is 0 Å². The number of amides is 3. The molecule has 2 atom stereocenters. The van der Waals surface area contributed by atoms with Crippen LogP contribution in [0.5, 0.6) is 0 Å². The highest BCUT2D eigenvalue weighted by molar-refractivity contribution is 6.11. The number of nitrogens with zero attached hydrogens (tertiary/aromatic N) is 1. The monoisotopic (exact) mass is 336 g/mol. The zero-order valence-corrected chi connectivity index (χ0v) is 13.3. The van der Waals surface area contributed by atoms with Crippen LogP contribution in [0.3, 0.4) is 0 Å². The molecule has 1 N–H and O–H groups in total.